The molecule has 0 heterocycles. The minimum Gasteiger partial charge on any atom is -0.493 e. The van der Waals surface area contributed by atoms with Crippen molar-refractivity contribution in [2.45, 2.75) is 46.6 Å². The molecule has 2 aromatic carbocycles. The number of methoxy groups -OCH3 is 2. The topological polar surface area (TPSA) is 44.8 Å². The van der Waals surface area contributed by atoms with E-state index in [1.54, 1.807) is 25.3 Å². The summed E-state index contributed by atoms with van der Waals surface area (Å²) in [6.07, 6.45) is 0. The van der Waals surface area contributed by atoms with E-state index in [2.05, 4.69) is 46.8 Å². The van der Waals surface area contributed by atoms with Gasteiger partial charge in [0.2, 0.25) is 0 Å². The SMILES string of the molecule is COc1ccc(C(=O)OCc2c(C)cc(C(C)(C)C)cc2C)cc1OC. The Balaban J connectivity index is 2.17. The van der Waals surface area contributed by atoms with Crippen molar-refractivity contribution >= 4 is 5.97 Å². The fraction of sp³-hybridized carbons (Fsp3) is 0.409. The van der Waals surface area contributed by atoms with E-state index < -0.39 is 0 Å². The van der Waals surface area contributed by atoms with Gasteiger partial charge in [0.15, 0.2) is 11.5 Å². The van der Waals surface area contributed by atoms with Gasteiger partial charge in [0.1, 0.15) is 6.61 Å². The third-order valence-electron chi connectivity index (χ3n) is 4.53. The Bertz CT molecular complexity index is 777. The average Bonchev–Trinajstić information content (AvgIpc) is 2.59. The van der Waals surface area contributed by atoms with E-state index in [-0.39, 0.29) is 18.0 Å². The van der Waals surface area contributed by atoms with Crippen LogP contribution in [0.25, 0.3) is 0 Å². The van der Waals surface area contributed by atoms with Crippen LogP contribution in [0.5, 0.6) is 11.5 Å². The van der Waals surface area contributed by atoms with Gasteiger partial charge in [-0.3, -0.25) is 0 Å². The zero-order valence-electron chi connectivity index (χ0n) is 16.7. The number of carbonyl (C=O) groups excluding carboxylic acids is 1. The summed E-state index contributed by atoms with van der Waals surface area (Å²) in [5.74, 6) is 0.696. The summed E-state index contributed by atoms with van der Waals surface area (Å²) >= 11 is 0. The predicted molar refractivity (Wildman–Crippen MR) is 103 cm³/mol. The predicted octanol–water partition coefficient (Wildman–Crippen LogP) is 4.98. The van der Waals surface area contributed by atoms with Crippen molar-refractivity contribution < 1.29 is 19.0 Å². The molecule has 0 atom stereocenters. The highest BCUT2D eigenvalue weighted by atomic mass is 16.5. The van der Waals surface area contributed by atoms with Crippen LogP contribution < -0.4 is 9.47 Å². The Labute approximate surface area is 156 Å². The third-order valence-corrected chi connectivity index (χ3v) is 4.53. The monoisotopic (exact) mass is 356 g/mol. The highest BCUT2D eigenvalue weighted by Gasteiger charge is 2.18. The number of carbonyl (C=O) groups is 1. The van der Waals surface area contributed by atoms with Gasteiger partial charge in [0.25, 0.3) is 0 Å². The second-order valence-corrected chi connectivity index (χ2v) is 7.48. The number of hydrogen-bond acceptors (Lipinski definition) is 4. The van der Waals surface area contributed by atoms with Gasteiger partial charge in [-0.1, -0.05) is 32.9 Å². The van der Waals surface area contributed by atoms with Gasteiger partial charge in [-0.2, -0.15) is 0 Å². The molecule has 0 unspecified atom stereocenters. The Kier molecular flexibility index (Phi) is 5.96. The molecule has 2 rings (SSSR count). The smallest absolute Gasteiger partial charge is 0.338 e. The first-order chi connectivity index (χ1) is 12.2. The van der Waals surface area contributed by atoms with Gasteiger partial charge in [0, 0.05) is 0 Å². The van der Waals surface area contributed by atoms with Gasteiger partial charge in [-0.15, -0.1) is 0 Å². The number of hydrogen-bond donors (Lipinski definition) is 0. The van der Waals surface area contributed by atoms with Crippen molar-refractivity contribution in [1.29, 1.82) is 0 Å². The summed E-state index contributed by atoms with van der Waals surface area (Å²) in [4.78, 5) is 12.4. The van der Waals surface area contributed by atoms with Crippen LogP contribution in [0.2, 0.25) is 0 Å². The van der Waals surface area contributed by atoms with Crippen LogP contribution >= 0.6 is 0 Å². The highest BCUT2D eigenvalue weighted by Crippen LogP contribution is 2.29. The van der Waals surface area contributed by atoms with Crippen LogP contribution in [0, 0.1) is 13.8 Å². The molecular formula is C22H28O4. The van der Waals surface area contributed by atoms with Crippen LogP contribution in [-0.2, 0) is 16.8 Å². The lowest BCUT2D eigenvalue weighted by atomic mass is 9.84. The summed E-state index contributed by atoms with van der Waals surface area (Å²) in [6, 6.07) is 9.35. The molecule has 4 heteroatoms. The minimum atomic E-state index is -0.385. The second kappa shape index (κ2) is 7.81. The molecular weight excluding hydrogens is 328 g/mol. The quantitative estimate of drug-likeness (QED) is 0.709. The van der Waals surface area contributed by atoms with Crippen LogP contribution in [0.3, 0.4) is 0 Å². The first-order valence-electron chi connectivity index (χ1n) is 8.67. The lowest BCUT2D eigenvalue weighted by Crippen LogP contribution is -2.13. The highest BCUT2D eigenvalue weighted by molar-refractivity contribution is 5.90. The van der Waals surface area contributed by atoms with Crippen LogP contribution in [0.1, 0.15) is 53.4 Å². The molecule has 0 aliphatic heterocycles. The maximum Gasteiger partial charge on any atom is 0.338 e. The summed E-state index contributed by atoms with van der Waals surface area (Å²) < 4.78 is 16.0. The second-order valence-electron chi connectivity index (χ2n) is 7.48. The Morgan fingerprint density at radius 1 is 0.923 bits per heavy atom. The van der Waals surface area contributed by atoms with E-state index in [4.69, 9.17) is 14.2 Å². The van der Waals surface area contributed by atoms with Crippen LogP contribution in [0.4, 0.5) is 0 Å². The molecule has 0 bridgehead atoms. The summed E-state index contributed by atoms with van der Waals surface area (Å²) in [6.45, 7) is 10.9. The molecule has 0 aliphatic rings. The molecule has 0 aromatic heterocycles. The van der Waals surface area contributed by atoms with Gasteiger partial charge in [0.05, 0.1) is 19.8 Å². The molecule has 0 N–H and O–H groups in total. The van der Waals surface area contributed by atoms with Crippen molar-refractivity contribution in [1.82, 2.24) is 0 Å². The summed E-state index contributed by atoms with van der Waals surface area (Å²) in [5, 5.41) is 0. The van der Waals surface area contributed by atoms with Crippen molar-refractivity contribution in [3.63, 3.8) is 0 Å². The standard InChI is InChI=1S/C22H28O4/c1-14-10-17(22(3,4)5)11-15(2)18(14)13-26-21(23)16-8-9-19(24-6)20(12-16)25-7/h8-12H,13H2,1-7H3. The van der Waals surface area contributed by atoms with E-state index in [0.717, 1.165) is 16.7 Å². The fourth-order valence-corrected chi connectivity index (χ4v) is 2.84. The normalized spacial score (nSPS) is 11.2. The number of rotatable bonds is 5. The van der Waals surface area contributed by atoms with Crippen molar-refractivity contribution in [3.8, 4) is 11.5 Å². The maximum atomic E-state index is 12.4. The molecule has 26 heavy (non-hydrogen) atoms. The summed E-state index contributed by atoms with van der Waals surface area (Å²) in [5.41, 5.74) is 5.12. The van der Waals surface area contributed by atoms with Gasteiger partial charge in [-0.25, -0.2) is 4.79 Å². The number of esters is 1. The van der Waals surface area contributed by atoms with Gasteiger partial charge < -0.3 is 14.2 Å². The van der Waals surface area contributed by atoms with E-state index in [1.165, 1.54) is 12.7 Å². The van der Waals surface area contributed by atoms with E-state index in [0.29, 0.717) is 17.1 Å². The molecule has 0 spiro atoms. The van der Waals surface area contributed by atoms with Gasteiger partial charge >= 0.3 is 5.97 Å². The first kappa shape index (κ1) is 19.8. The van der Waals surface area contributed by atoms with Crippen LogP contribution in [0.15, 0.2) is 30.3 Å². The third kappa shape index (κ3) is 4.37. The molecule has 0 saturated heterocycles. The molecule has 140 valence electrons. The lowest BCUT2D eigenvalue weighted by Gasteiger charge is -2.22. The fourth-order valence-electron chi connectivity index (χ4n) is 2.84. The van der Waals surface area contributed by atoms with Crippen molar-refractivity contribution in [2.75, 3.05) is 14.2 Å². The van der Waals surface area contributed by atoms with Crippen molar-refractivity contribution in [2.24, 2.45) is 0 Å². The molecule has 0 fully saturated rings. The average molecular weight is 356 g/mol. The summed E-state index contributed by atoms with van der Waals surface area (Å²) in [7, 11) is 3.10. The Hall–Kier alpha value is -2.49. The van der Waals surface area contributed by atoms with E-state index in [9.17, 15) is 4.79 Å². The number of aryl methyl sites for hydroxylation is 2. The molecule has 2 aromatic rings. The Morgan fingerprint density at radius 3 is 2.00 bits per heavy atom. The van der Waals surface area contributed by atoms with Crippen LogP contribution in [-0.4, -0.2) is 20.2 Å². The molecule has 0 radical (unpaired) electrons. The number of benzene rings is 2. The molecule has 4 nitrogen and oxygen atoms in total. The lowest BCUT2D eigenvalue weighted by molar-refractivity contribution is 0.0471. The molecule has 0 aliphatic carbocycles. The van der Waals surface area contributed by atoms with Gasteiger partial charge in [-0.05, 0) is 59.7 Å². The Morgan fingerprint density at radius 2 is 1.50 bits per heavy atom. The molecule has 0 saturated carbocycles. The largest absolute Gasteiger partial charge is 0.493 e. The zero-order valence-corrected chi connectivity index (χ0v) is 16.7. The zero-order chi connectivity index (χ0) is 19.5. The number of ether oxygens (including phenoxy) is 3. The minimum absolute atomic E-state index is 0.0877. The molecule has 0 amide bonds. The van der Waals surface area contributed by atoms with Crippen molar-refractivity contribution in [3.05, 3.63) is 58.1 Å². The van der Waals surface area contributed by atoms with E-state index >= 15 is 0 Å². The van der Waals surface area contributed by atoms with E-state index in [1.807, 2.05) is 0 Å². The first-order valence-corrected chi connectivity index (χ1v) is 8.67. The maximum absolute atomic E-state index is 12.4.